The van der Waals surface area contributed by atoms with Crippen LogP contribution in [-0.2, 0) is 0 Å². The number of para-hydroxylation sites is 1. The number of benzene rings is 9. The molecule has 11 rings (SSSR count). The lowest BCUT2D eigenvalue weighted by Crippen LogP contribution is -2.09. The second kappa shape index (κ2) is 14.0. The second-order valence-electron chi connectivity index (χ2n) is 14.4. The number of fused-ring (bicyclic) bond motifs is 6. The minimum atomic E-state index is 1.06. The summed E-state index contributed by atoms with van der Waals surface area (Å²) >= 11 is 3.65. The molecular formula is C53H34N2S2. The molecule has 57 heavy (non-hydrogen) atoms. The van der Waals surface area contributed by atoms with Gasteiger partial charge in [-0.2, -0.15) is 0 Å². The van der Waals surface area contributed by atoms with E-state index in [-0.39, 0.29) is 0 Å². The van der Waals surface area contributed by atoms with Crippen LogP contribution in [0.1, 0.15) is 0 Å². The number of thiophene rings is 1. The van der Waals surface area contributed by atoms with Crippen molar-refractivity contribution in [3.05, 3.63) is 206 Å². The minimum Gasteiger partial charge on any atom is -0.311 e. The third kappa shape index (κ3) is 6.07. The molecule has 0 saturated heterocycles. The van der Waals surface area contributed by atoms with Gasteiger partial charge in [0.1, 0.15) is 5.01 Å². The Morgan fingerprint density at radius 1 is 0.368 bits per heavy atom. The molecule has 0 aliphatic heterocycles. The molecule has 0 spiro atoms. The van der Waals surface area contributed by atoms with Gasteiger partial charge in [-0.15, -0.1) is 22.7 Å². The van der Waals surface area contributed by atoms with E-state index in [1.54, 1.807) is 11.3 Å². The van der Waals surface area contributed by atoms with E-state index < -0.39 is 0 Å². The molecule has 0 bridgehead atoms. The van der Waals surface area contributed by atoms with Gasteiger partial charge in [0.15, 0.2) is 0 Å². The number of hydrogen-bond donors (Lipinski definition) is 0. The van der Waals surface area contributed by atoms with Crippen molar-refractivity contribution in [3.63, 3.8) is 0 Å². The van der Waals surface area contributed by atoms with Crippen molar-refractivity contribution in [1.82, 2.24) is 4.98 Å². The van der Waals surface area contributed by atoms with Gasteiger partial charge in [0, 0.05) is 42.8 Å². The first-order valence-electron chi connectivity index (χ1n) is 19.2. The summed E-state index contributed by atoms with van der Waals surface area (Å²) in [4.78, 5) is 7.38. The molecule has 0 aliphatic rings. The van der Waals surface area contributed by atoms with E-state index in [0.29, 0.717) is 0 Å². The van der Waals surface area contributed by atoms with Crippen molar-refractivity contribution in [2.24, 2.45) is 0 Å². The highest BCUT2D eigenvalue weighted by Crippen LogP contribution is 2.44. The highest BCUT2D eigenvalue weighted by molar-refractivity contribution is 7.28. The molecule has 268 valence electrons. The fourth-order valence-electron chi connectivity index (χ4n) is 8.09. The number of rotatable bonds is 7. The number of anilines is 3. The summed E-state index contributed by atoms with van der Waals surface area (Å²) in [5.74, 6) is 0. The maximum atomic E-state index is 5.04. The molecule has 11 aromatic rings. The summed E-state index contributed by atoms with van der Waals surface area (Å²) in [6.45, 7) is 0. The molecule has 0 N–H and O–H groups in total. The van der Waals surface area contributed by atoms with Gasteiger partial charge < -0.3 is 4.90 Å². The largest absolute Gasteiger partial charge is 0.311 e. The standard InChI is InChI=1S/C53H34N2S2/c1-4-12-35(13-5-1)41-32-40-16-10-11-19-45(40)46(34-41)37-22-27-44(28-23-37)55(42-17-8-3-9-18-42)43-25-20-36(21-26-43)39-24-30-49-47(33-39)51-50(56-49)31-29-48-52(51)57-53(54-48)38-14-6-2-7-15-38/h1-34H. The predicted octanol–water partition coefficient (Wildman–Crippen LogP) is 16.0. The van der Waals surface area contributed by atoms with Crippen LogP contribution in [0.4, 0.5) is 17.1 Å². The van der Waals surface area contributed by atoms with Gasteiger partial charge in [-0.3, -0.25) is 0 Å². The zero-order valence-corrected chi connectivity index (χ0v) is 32.5. The van der Waals surface area contributed by atoms with Crippen molar-refractivity contribution in [2.45, 2.75) is 0 Å². The summed E-state index contributed by atoms with van der Waals surface area (Å²) in [5, 5.41) is 6.15. The van der Waals surface area contributed by atoms with Gasteiger partial charge in [0.05, 0.1) is 10.2 Å². The molecule has 0 radical (unpaired) electrons. The molecule has 0 fully saturated rings. The van der Waals surface area contributed by atoms with Gasteiger partial charge >= 0.3 is 0 Å². The van der Waals surface area contributed by atoms with Crippen LogP contribution < -0.4 is 4.90 Å². The van der Waals surface area contributed by atoms with Crippen molar-refractivity contribution < 1.29 is 0 Å². The zero-order chi connectivity index (χ0) is 37.7. The smallest absolute Gasteiger partial charge is 0.124 e. The Kier molecular flexibility index (Phi) is 8.24. The molecule has 4 heteroatoms. The van der Waals surface area contributed by atoms with Crippen LogP contribution in [0, 0.1) is 0 Å². The van der Waals surface area contributed by atoms with E-state index in [2.05, 4.69) is 211 Å². The molecular weight excluding hydrogens is 729 g/mol. The fourth-order valence-corrected chi connectivity index (χ4v) is 10.4. The molecule has 0 atom stereocenters. The maximum absolute atomic E-state index is 5.04. The van der Waals surface area contributed by atoms with Crippen LogP contribution in [0.2, 0.25) is 0 Å². The van der Waals surface area contributed by atoms with Crippen molar-refractivity contribution in [1.29, 1.82) is 0 Å². The van der Waals surface area contributed by atoms with Crippen LogP contribution in [0.15, 0.2) is 206 Å². The van der Waals surface area contributed by atoms with Crippen LogP contribution >= 0.6 is 22.7 Å². The normalized spacial score (nSPS) is 11.5. The third-order valence-corrected chi connectivity index (χ3v) is 13.2. The first-order valence-corrected chi connectivity index (χ1v) is 20.8. The summed E-state index contributed by atoms with van der Waals surface area (Å²) in [6.07, 6.45) is 0. The van der Waals surface area contributed by atoms with E-state index in [1.165, 1.54) is 69.0 Å². The van der Waals surface area contributed by atoms with Gasteiger partial charge in [-0.25, -0.2) is 4.98 Å². The molecule has 9 aromatic carbocycles. The van der Waals surface area contributed by atoms with E-state index in [9.17, 15) is 0 Å². The lowest BCUT2D eigenvalue weighted by molar-refractivity contribution is 1.28. The van der Waals surface area contributed by atoms with E-state index in [1.807, 2.05) is 11.3 Å². The Bertz CT molecular complexity index is 3200. The maximum Gasteiger partial charge on any atom is 0.124 e. The quantitative estimate of drug-likeness (QED) is 0.161. The second-order valence-corrected chi connectivity index (χ2v) is 16.4. The minimum absolute atomic E-state index is 1.06. The average Bonchev–Trinajstić information content (AvgIpc) is 3.89. The monoisotopic (exact) mass is 762 g/mol. The first-order chi connectivity index (χ1) is 28.2. The summed E-state index contributed by atoms with van der Waals surface area (Å²) in [6, 6.07) is 74.5. The Hall–Kier alpha value is -6.85. The Morgan fingerprint density at radius 3 is 1.68 bits per heavy atom. The van der Waals surface area contributed by atoms with Gasteiger partial charge in [0.2, 0.25) is 0 Å². The van der Waals surface area contributed by atoms with Crippen LogP contribution in [-0.4, -0.2) is 4.98 Å². The van der Waals surface area contributed by atoms with Gasteiger partial charge in [0.25, 0.3) is 0 Å². The van der Waals surface area contributed by atoms with Crippen LogP contribution in [0.25, 0.3) is 85.1 Å². The van der Waals surface area contributed by atoms with Crippen molar-refractivity contribution in [2.75, 3.05) is 4.90 Å². The third-order valence-electron chi connectivity index (χ3n) is 10.9. The Morgan fingerprint density at radius 2 is 0.947 bits per heavy atom. The molecule has 2 heterocycles. The topological polar surface area (TPSA) is 16.1 Å². The summed E-state index contributed by atoms with van der Waals surface area (Å²) in [5.41, 5.74) is 12.8. The Balaban J connectivity index is 0.957. The van der Waals surface area contributed by atoms with E-state index >= 15 is 0 Å². The van der Waals surface area contributed by atoms with Crippen LogP contribution in [0.3, 0.4) is 0 Å². The average molecular weight is 763 g/mol. The SMILES string of the molecule is c1ccc(-c2cc(-c3ccc(N(c4ccccc4)c4ccc(-c5ccc6sc7ccc8nc(-c9ccccc9)sc8c7c6c5)cc4)cc3)c3ccccc3c2)cc1. The molecule has 0 unspecified atom stereocenters. The van der Waals surface area contributed by atoms with Gasteiger partial charge in [-0.05, 0) is 117 Å². The zero-order valence-electron chi connectivity index (χ0n) is 30.8. The highest BCUT2D eigenvalue weighted by Gasteiger charge is 2.17. The molecule has 2 nitrogen and oxygen atoms in total. The summed E-state index contributed by atoms with van der Waals surface area (Å²) < 4.78 is 3.85. The number of hydrogen-bond acceptors (Lipinski definition) is 4. The lowest BCUT2D eigenvalue weighted by atomic mass is 9.93. The molecule has 2 aromatic heterocycles. The predicted molar refractivity (Wildman–Crippen MR) is 246 cm³/mol. The molecule has 0 aliphatic carbocycles. The highest BCUT2D eigenvalue weighted by atomic mass is 32.1. The van der Waals surface area contributed by atoms with E-state index in [4.69, 9.17) is 4.98 Å². The Labute approximate surface area is 339 Å². The van der Waals surface area contributed by atoms with Crippen molar-refractivity contribution in [3.8, 4) is 44.0 Å². The molecule has 0 saturated carbocycles. The lowest BCUT2D eigenvalue weighted by Gasteiger charge is -2.26. The van der Waals surface area contributed by atoms with Crippen LogP contribution in [0.5, 0.6) is 0 Å². The number of aromatic nitrogens is 1. The van der Waals surface area contributed by atoms with E-state index in [0.717, 1.165) is 33.1 Å². The number of nitrogens with zero attached hydrogens (tertiary/aromatic N) is 2. The molecule has 0 amide bonds. The number of thiazole rings is 1. The van der Waals surface area contributed by atoms with Gasteiger partial charge in [-0.1, -0.05) is 133 Å². The summed E-state index contributed by atoms with van der Waals surface area (Å²) in [7, 11) is 0. The van der Waals surface area contributed by atoms with Crippen molar-refractivity contribution >= 4 is 80.9 Å². The fraction of sp³-hybridized carbons (Fsp3) is 0. The first kappa shape index (κ1) is 33.5.